The summed E-state index contributed by atoms with van der Waals surface area (Å²) in [6, 6.07) is 6.70. The summed E-state index contributed by atoms with van der Waals surface area (Å²) in [5.41, 5.74) is 9.99. The van der Waals surface area contributed by atoms with Gasteiger partial charge in [-0.25, -0.2) is 0 Å². The van der Waals surface area contributed by atoms with Crippen LogP contribution in [0.3, 0.4) is 0 Å². The van der Waals surface area contributed by atoms with E-state index in [4.69, 9.17) is 5.73 Å². The molecule has 16 heavy (non-hydrogen) atoms. The third-order valence-electron chi connectivity index (χ3n) is 3.15. The molecule has 2 nitrogen and oxygen atoms in total. The zero-order valence-electron chi connectivity index (χ0n) is 10.1. The summed E-state index contributed by atoms with van der Waals surface area (Å²) in [7, 11) is 0. The minimum absolute atomic E-state index is 0.282. The van der Waals surface area contributed by atoms with Crippen molar-refractivity contribution in [2.45, 2.75) is 39.2 Å². The molecule has 0 aliphatic carbocycles. The van der Waals surface area contributed by atoms with E-state index in [1.807, 2.05) is 0 Å². The van der Waals surface area contributed by atoms with Crippen molar-refractivity contribution in [2.24, 2.45) is 5.73 Å². The lowest BCUT2D eigenvalue weighted by Gasteiger charge is -2.09. The Morgan fingerprint density at radius 1 is 1.38 bits per heavy atom. The van der Waals surface area contributed by atoms with Crippen LogP contribution in [0.15, 0.2) is 24.4 Å². The Bertz CT molecular complexity index is 471. The van der Waals surface area contributed by atoms with Crippen molar-refractivity contribution in [3.63, 3.8) is 0 Å². The van der Waals surface area contributed by atoms with Crippen molar-refractivity contribution < 1.29 is 0 Å². The molecule has 2 rings (SSSR count). The number of para-hydroxylation sites is 1. The number of aromatic amines is 1. The number of aromatic nitrogens is 1. The van der Waals surface area contributed by atoms with Crippen LogP contribution >= 0.6 is 0 Å². The van der Waals surface area contributed by atoms with E-state index in [-0.39, 0.29) is 6.04 Å². The highest BCUT2D eigenvalue weighted by Crippen LogP contribution is 2.22. The minimum atomic E-state index is 0.282. The number of rotatable bonds is 4. The van der Waals surface area contributed by atoms with Gasteiger partial charge in [0.25, 0.3) is 0 Å². The van der Waals surface area contributed by atoms with Gasteiger partial charge in [-0.2, -0.15) is 0 Å². The summed E-state index contributed by atoms with van der Waals surface area (Å²) in [4.78, 5) is 3.35. The van der Waals surface area contributed by atoms with Gasteiger partial charge < -0.3 is 10.7 Å². The van der Waals surface area contributed by atoms with Crippen molar-refractivity contribution >= 4 is 10.9 Å². The molecule has 0 saturated heterocycles. The molecule has 3 N–H and O–H groups in total. The summed E-state index contributed by atoms with van der Waals surface area (Å²) in [5.74, 6) is 0. The van der Waals surface area contributed by atoms with Gasteiger partial charge in [0.1, 0.15) is 0 Å². The predicted octanol–water partition coefficient (Wildman–Crippen LogP) is 3.15. The van der Waals surface area contributed by atoms with Gasteiger partial charge in [-0.05, 0) is 30.9 Å². The van der Waals surface area contributed by atoms with Crippen molar-refractivity contribution in [1.82, 2.24) is 4.98 Å². The number of aryl methyl sites for hydroxylation is 1. The van der Waals surface area contributed by atoms with Gasteiger partial charge >= 0.3 is 0 Å². The molecule has 0 aliphatic heterocycles. The Hall–Kier alpha value is -1.28. The lowest BCUT2D eigenvalue weighted by molar-refractivity contribution is 0.602. The van der Waals surface area contributed by atoms with E-state index in [0.29, 0.717) is 0 Å². The first kappa shape index (κ1) is 11.2. The molecule has 0 spiro atoms. The summed E-state index contributed by atoms with van der Waals surface area (Å²) in [6.07, 6.45) is 5.32. The third kappa shape index (κ3) is 2.12. The molecule has 2 aromatic rings. The van der Waals surface area contributed by atoms with E-state index in [0.717, 1.165) is 19.3 Å². The second-order valence-electron chi connectivity index (χ2n) is 4.56. The average molecular weight is 216 g/mol. The Labute approximate surface area is 96.9 Å². The zero-order chi connectivity index (χ0) is 11.5. The second kappa shape index (κ2) is 4.71. The number of H-pyrrole nitrogens is 1. The van der Waals surface area contributed by atoms with Crippen molar-refractivity contribution in [3.05, 3.63) is 35.5 Å². The number of nitrogens with two attached hydrogens (primary N) is 1. The summed E-state index contributed by atoms with van der Waals surface area (Å²) in [5, 5.41) is 1.33. The predicted molar refractivity (Wildman–Crippen MR) is 69.6 cm³/mol. The van der Waals surface area contributed by atoms with E-state index in [2.05, 4.69) is 43.2 Å². The molecule has 1 aromatic heterocycles. The largest absolute Gasteiger partial charge is 0.361 e. The monoisotopic (exact) mass is 216 g/mol. The molecular weight excluding hydrogens is 196 g/mol. The minimum Gasteiger partial charge on any atom is -0.361 e. The number of benzene rings is 1. The van der Waals surface area contributed by atoms with E-state index in [1.54, 1.807) is 0 Å². The molecule has 0 amide bonds. The Balaban J connectivity index is 2.28. The molecule has 1 aromatic carbocycles. The number of hydrogen-bond donors (Lipinski definition) is 2. The van der Waals surface area contributed by atoms with Gasteiger partial charge in [-0.15, -0.1) is 0 Å². The lowest BCUT2D eigenvalue weighted by atomic mass is 10.0. The molecule has 86 valence electrons. The van der Waals surface area contributed by atoms with Crippen molar-refractivity contribution in [3.8, 4) is 0 Å². The van der Waals surface area contributed by atoms with Gasteiger partial charge in [0.2, 0.25) is 0 Å². The van der Waals surface area contributed by atoms with Crippen molar-refractivity contribution in [1.29, 1.82) is 0 Å². The van der Waals surface area contributed by atoms with Crippen LogP contribution in [0.2, 0.25) is 0 Å². The second-order valence-corrected chi connectivity index (χ2v) is 4.56. The van der Waals surface area contributed by atoms with Gasteiger partial charge in [0.15, 0.2) is 0 Å². The van der Waals surface area contributed by atoms with Gasteiger partial charge in [0.05, 0.1) is 0 Å². The molecule has 1 unspecified atom stereocenters. The van der Waals surface area contributed by atoms with Crippen LogP contribution < -0.4 is 5.73 Å². The standard InChI is InChI=1S/C14H20N2/c1-3-5-12(15)8-11-9-16-14-10(2)6-4-7-13(11)14/h4,6-7,9,12,16H,3,5,8,15H2,1-2H3. The zero-order valence-corrected chi connectivity index (χ0v) is 10.1. The highest BCUT2D eigenvalue weighted by atomic mass is 14.7. The molecular formula is C14H20N2. The Morgan fingerprint density at radius 3 is 2.94 bits per heavy atom. The molecule has 0 fully saturated rings. The van der Waals surface area contributed by atoms with E-state index >= 15 is 0 Å². The molecule has 0 radical (unpaired) electrons. The summed E-state index contributed by atoms with van der Waals surface area (Å²) in [6.45, 7) is 4.31. The number of fused-ring (bicyclic) bond motifs is 1. The van der Waals surface area contributed by atoms with E-state index in [9.17, 15) is 0 Å². The van der Waals surface area contributed by atoms with Gasteiger partial charge in [-0.3, -0.25) is 0 Å². The average Bonchev–Trinajstić information content (AvgIpc) is 2.64. The molecule has 0 aliphatic rings. The van der Waals surface area contributed by atoms with Crippen LogP contribution in [-0.2, 0) is 6.42 Å². The normalized spacial score (nSPS) is 13.2. The van der Waals surface area contributed by atoms with Crippen LogP contribution in [-0.4, -0.2) is 11.0 Å². The maximum absolute atomic E-state index is 6.09. The van der Waals surface area contributed by atoms with E-state index in [1.165, 1.54) is 22.0 Å². The maximum Gasteiger partial charge on any atom is 0.0486 e. The molecule has 1 heterocycles. The first-order chi connectivity index (χ1) is 7.72. The third-order valence-corrected chi connectivity index (χ3v) is 3.15. The Kier molecular flexibility index (Phi) is 3.30. The first-order valence-electron chi connectivity index (χ1n) is 6.03. The Morgan fingerprint density at radius 2 is 2.19 bits per heavy atom. The molecule has 1 atom stereocenters. The van der Waals surface area contributed by atoms with Crippen LogP contribution in [0.25, 0.3) is 10.9 Å². The summed E-state index contributed by atoms with van der Waals surface area (Å²) < 4.78 is 0. The fraction of sp³-hybridized carbons (Fsp3) is 0.429. The first-order valence-corrected chi connectivity index (χ1v) is 6.03. The number of hydrogen-bond acceptors (Lipinski definition) is 1. The van der Waals surface area contributed by atoms with Crippen LogP contribution in [0.4, 0.5) is 0 Å². The quantitative estimate of drug-likeness (QED) is 0.810. The highest BCUT2D eigenvalue weighted by molar-refractivity contribution is 5.85. The number of nitrogens with one attached hydrogen (secondary N) is 1. The fourth-order valence-corrected chi connectivity index (χ4v) is 2.29. The van der Waals surface area contributed by atoms with Gasteiger partial charge in [-0.1, -0.05) is 31.5 Å². The molecule has 0 bridgehead atoms. The topological polar surface area (TPSA) is 41.8 Å². The fourth-order valence-electron chi connectivity index (χ4n) is 2.29. The SMILES string of the molecule is CCCC(N)Cc1c[nH]c2c(C)cccc12. The highest BCUT2D eigenvalue weighted by Gasteiger charge is 2.08. The maximum atomic E-state index is 6.09. The molecule has 0 saturated carbocycles. The van der Waals surface area contributed by atoms with Crippen LogP contribution in [0, 0.1) is 6.92 Å². The van der Waals surface area contributed by atoms with E-state index < -0.39 is 0 Å². The lowest BCUT2D eigenvalue weighted by Crippen LogP contribution is -2.22. The summed E-state index contributed by atoms with van der Waals surface area (Å²) >= 11 is 0. The molecule has 2 heteroatoms. The van der Waals surface area contributed by atoms with Crippen molar-refractivity contribution in [2.75, 3.05) is 0 Å². The van der Waals surface area contributed by atoms with Crippen LogP contribution in [0.1, 0.15) is 30.9 Å². The van der Waals surface area contributed by atoms with Gasteiger partial charge in [0, 0.05) is 23.1 Å². The smallest absolute Gasteiger partial charge is 0.0486 e. The van der Waals surface area contributed by atoms with Crippen LogP contribution in [0.5, 0.6) is 0 Å².